The summed E-state index contributed by atoms with van der Waals surface area (Å²) < 4.78 is 6.63. The van der Waals surface area contributed by atoms with E-state index in [1.54, 1.807) is 12.4 Å². The number of carbonyl (C=O) groups excluding carboxylic acids is 1. The average Bonchev–Trinajstić information content (AvgIpc) is 3.05. The molecule has 0 bridgehead atoms. The smallest absolute Gasteiger partial charge is 0.407 e. The summed E-state index contributed by atoms with van der Waals surface area (Å²) in [5, 5.41) is 19.5. The monoisotopic (exact) mass is 628 g/mol. The molecular weight excluding hydrogens is 592 g/mol. The van der Waals surface area contributed by atoms with Crippen LogP contribution in [0.2, 0.25) is 0 Å². The van der Waals surface area contributed by atoms with Gasteiger partial charge in [-0.05, 0) is 23.3 Å². The molecule has 0 spiro atoms. The van der Waals surface area contributed by atoms with Crippen molar-refractivity contribution in [2.75, 3.05) is 36.0 Å². The largest absolute Gasteiger partial charge is 0.481 e. The topological polar surface area (TPSA) is 167 Å². The molecule has 1 aliphatic rings. The van der Waals surface area contributed by atoms with Gasteiger partial charge in [0.1, 0.15) is 18.2 Å². The molecule has 0 aliphatic carbocycles. The quantitative estimate of drug-likeness (QED) is 0.235. The van der Waals surface area contributed by atoms with E-state index in [1.165, 1.54) is 4.57 Å². The van der Waals surface area contributed by atoms with Crippen molar-refractivity contribution < 1.29 is 29.3 Å². The number of nitrogens with zero attached hydrogens (tertiary/aromatic N) is 5. The van der Waals surface area contributed by atoms with Crippen LogP contribution in [-0.2, 0) is 27.5 Å². The molecule has 1 aliphatic heterocycles. The van der Waals surface area contributed by atoms with Crippen LogP contribution < -0.4 is 20.8 Å². The van der Waals surface area contributed by atoms with Crippen molar-refractivity contribution in [3.63, 3.8) is 0 Å². The van der Waals surface area contributed by atoms with E-state index in [0.717, 1.165) is 29.4 Å². The minimum absolute atomic E-state index is 0.0361. The Hall–Kier alpha value is -5.72. The van der Waals surface area contributed by atoms with Gasteiger partial charge in [-0.15, -0.1) is 0 Å². The number of piperazine rings is 1. The fourth-order valence-electron chi connectivity index (χ4n) is 4.91. The van der Waals surface area contributed by atoms with E-state index < -0.39 is 36.2 Å². The van der Waals surface area contributed by atoms with E-state index in [9.17, 15) is 19.5 Å². The molecule has 1 unspecified atom stereocenters. The molecule has 0 radical (unpaired) electrons. The highest BCUT2D eigenvalue weighted by Gasteiger charge is 2.24. The van der Waals surface area contributed by atoms with Crippen LogP contribution in [0.15, 0.2) is 96.1 Å². The minimum atomic E-state index is -1.12. The fourth-order valence-corrected chi connectivity index (χ4v) is 4.91. The fraction of sp³-hybridized carbons (Fsp3) is 0.273. The van der Waals surface area contributed by atoms with Gasteiger partial charge in [0.05, 0.1) is 12.5 Å². The molecule has 5 rings (SSSR count). The predicted molar refractivity (Wildman–Crippen MR) is 172 cm³/mol. The molecule has 3 N–H and O–H groups in total. The third-order valence-electron chi connectivity index (χ3n) is 6.98. The highest BCUT2D eigenvalue weighted by Crippen LogP contribution is 2.29. The van der Waals surface area contributed by atoms with Gasteiger partial charge < -0.3 is 30.1 Å². The number of carboxylic acids is 2. The van der Waals surface area contributed by atoms with Crippen LogP contribution in [0.3, 0.4) is 0 Å². The molecule has 1 fully saturated rings. The van der Waals surface area contributed by atoms with Crippen LogP contribution in [-0.4, -0.2) is 75.0 Å². The van der Waals surface area contributed by atoms with Crippen molar-refractivity contribution in [1.29, 1.82) is 0 Å². The Balaban J connectivity index is 0.00000113. The maximum Gasteiger partial charge on any atom is 0.407 e. The van der Waals surface area contributed by atoms with Gasteiger partial charge >= 0.3 is 17.8 Å². The number of hydrogen-bond donors (Lipinski definition) is 3. The second-order valence-electron chi connectivity index (χ2n) is 10.5. The second kappa shape index (κ2) is 16.4. The molecule has 1 saturated heterocycles. The lowest BCUT2D eigenvalue weighted by Crippen LogP contribution is -2.48. The minimum Gasteiger partial charge on any atom is -0.481 e. The average molecular weight is 629 g/mol. The van der Waals surface area contributed by atoms with E-state index >= 15 is 0 Å². The molecular formula is C33H36N6O7. The number of aromatic nitrogens is 3. The molecule has 240 valence electrons. The van der Waals surface area contributed by atoms with E-state index in [2.05, 4.69) is 25.1 Å². The number of carbonyl (C=O) groups is 3. The standard InChI is InChI=1S/C31H32N6O5.C2H4O2/c38-28(39)19-25(33-31(41)42-22-23-9-3-1-4-10-23)20-37-21-26(24-11-5-2-6-12-24)29(34-30(37)40)36-17-15-35(16-18-36)27-13-7-8-14-32-27;1-2(3)4/h1-14,21,25H,15-20,22H2,(H,33,41)(H,38,39);1H3,(H,3,4). The lowest BCUT2D eigenvalue weighted by molar-refractivity contribution is -0.137. The number of carboxylic acid groups (broad SMARTS) is 2. The third-order valence-corrected chi connectivity index (χ3v) is 6.98. The summed E-state index contributed by atoms with van der Waals surface area (Å²) in [5.74, 6) is -0.480. The number of benzene rings is 2. The summed E-state index contributed by atoms with van der Waals surface area (Å²) in [4.78, 5) is 59.6. The molecule has 0 saturated carbocycles. The molecule has 3 heterocycles. The lowest BCUT2D eigenvalue weighted by atomic mass is 10.1. The number of ether oxygens (including phenoxy) is 1. The van der Waals surface area contributed by atoms with E-state index in [0.29, 0.717) is 32.0 Å². The summed E-state index contributed by atoms with van der Waals surface area (Å²) in [6.45, 7) is 3.74. The Labute approximate surface area is 265 Å². The van der Waals surface area contributed by atoms with Crippen LogP contribution in [0.1, 0.15) is 18.9 Å². The predicted octanol–water partition coefficient (Wildman–Crippen LogP) is 3.49. The summed E-state index contributed by atoms with van der Waals surface area (Å²) in [5.41, 5.74) is 1.87. The van der Waals surface area contributed by atoms with Crippen molar-refractivity contribution in [2.45, 2.75) is 32.5 Å². The van der Waals surface area contributed by atoms with Gasteiger partial charge in [-0.25, -0.2) is 14.6 Å². The van der Waals surface area contributed by atoms with E-state index in [1.807, 2.05) is 78.9 Å². The third kappa shape index (κ3) is 9.91. The summed E-state index contributed by atoms with van der Waals surface area (Å²) >= 11 is 0. The van der Waals surface area contributed by atoms with Crippen LogP contribution in [0.5, 0.6) is 0 Å². The van der Waals surface area contributed by atoms with Crippen molar-refractivity contribution in [3.05, 3.63) is 107 Å². The Kier molecular flexibility index (Phi) is 11.8. The zero-order chi connectivity index (χ0) is 32.9. The van der Waals surface area contributed by atoms with Crippen molar-refractivity contribution in [1.82, 2.24) is 19.9 Å². The molecule has 1 atom stereocenters. The number of aliphatic carboxylic acids is 2. The molecule has 13 heteroatoms. The van der Waals surface area contributed by atoms with E-state index in [4.69, 9.17) is 14.6 Å². The van der Waals surface area contributed by atoms with Gasteiger partial charge in [-0.2, -0.15) is 4.98 Å². The van der Waals surface area contributed by atoms with Gasteiger partial charge in [0.2, 0.25) is 0 Å². The van der Waals surface area contributed by atoms with Gasteiger partial charge in [0.25, 0.3) is 5.97 Å². The number of amides is 1. The van der Waals surface area contributed by atoms with Gasteiger partial charge in [0.15, 0.2) is 0 Å². The number of alkyl carbamates (subject to hydrolysis) is 1. The zero-order valence-corrected chi connectivity index (χ0v) is 25.4. The summed E-state index contributed by atoms with van der Waals surface area (Å²) in [6.07, 6.45) is 2.30. The molecule has 46 heavy (non-hydrogen) atoms. The van der Waals surface area contributed by atoms with Crippen LogP contribution in [0.25, 0.3) is 11.1 Å². The highest BCUT2D eigenvalue weighted by molar-refractivity contribution is 5.75. The number of anilines is 2. The van der Waals surface area contributed by atoms with Gasteiger partial charge in [0, 0.05) is 57.6 Å². The highest BCUT2D eigenvalue weighted by atomic mass is 16.5. The van der Waals surface area contributed by atoms with Crippen LogP contribution in [0.4, 0.5) is 16.4 Å². The van der Waals surface area contributed by atoms with Crippen LogP contribution >= 0.6 is 0 Å². The van der Waals surface area contributed by atoms with E-state index in [-0.39, 0.29) is 13.2 Å². The Morgan fingerprint density at radius 3 is 2.11 bits per heavy atom. The Morgan fingerprint density at radius 1 is 0.891 bits per heavy atom. The lowest BCUT2D eigenvalue weighted by Gasteiger charge is -2.36. The van der Waals surface area contributed by atoms with Gasteiger partial charge in [-0.1, -0.05) is 66.7 Å². The first-order chi connectivity index (χ1) is 22.2. The number of pyridine rings is 1. The van der Waals surface area contributed by atoms with Crippen molar-refractivity contribution >= 4 is 29.7 Å². The van der Waals surface area contributed by atoms with Crippen LogP contribution in [0, 0.1) is 0 Å². The summed E-state index contributed by atoms with van der Waals surface area (Å²) in [6, 6.07) is 23.7. The molecule has 4 aromatic rings. The second-order valence-corrected chi connectivity index (χ2v) is 10.5. The molecule has 2 aromatic carbocycles. The zero-order valence-electron chi connectivity index (χ0n) is 25.4. The summed E-state index contributed by atoms with van der Waals surface area (Å²) in [7, 11) is 0. The first kappa shape index (κ1) is 33.2. The number of nitrogens with one attached hydrogen (secondary N) is 1. The maximum absolute atomic E-state index is 13.3. The molecule has 1 amide bonds. The number of hydrogen-bond acceptors (Lipinski definition) is 9. The first-order valence-corrected chi connectivity index (χ1v) is 14.7. The molecule has 2 aromatic heterocycles. The Bertz CT molecular complexity index is 1640. The van der Waals surface area contributed by atoms with Gasteiger partial charge in [-0.3, -0.25) is 14.2 Å². The van der Waals surface area contributed by atoms with Crippen molar-refractivity contribution in [3.8, 4) is 11.1 Å². The maximum atomic E-state index is 13.3. The molecule has 13 nitrogen and oxygen atoms in total. The first-order valence-electron chi connectivity index (χ1n) is 14.7. The number of rotatable bonds is 10. The normalized spacial score (nSPS) is 13.2. The van der Waals surface area contributed by atoms with Crippen molar-refractivity contribution in [2.24, 2.45) is 0 Å². The Morgan fingerprint density at radius 2 is 1.50 bits per heavy atom. The SMILES string of the molecule is CC(=O)O.O=C(O)CC(Cn1cc(-c2ccccc2)c(N2CCN(c3ccccn3)CC2)nc1=O)NC(=O)OCc1ccccc1.